The molecule has 172 valence electrons. The van der Waals surface area contributed by atoms with Crippen molar-refractivity contribution in [2.24, 2.45) is 0 Å². The van der Waals surface area contributed by atoms with Gasteiger partial charge >= 0.3 is 0 Å². The van der Waals surface area contributed by atoms with Crippen LogP contribution in [0.1, 0.15) is 71.1 Å². The topological polar surface area (TPSA) is 75.4 Å². The second-order valence-electron chi connectivity index (χ2n) is 8.87. The Hall–Kier alpha value is -3.41. The van der Waals surface area contributed by atoms with Gasteiger partial charge in [-0.25, -0.2) is 0 Å². The number of aryl methyl sites for hydroxylation is 3. The molecule has 2 amide bonds. The van der Waals surface area contributed by atoms with E-state index in [0.29, 0.717) is 22.7 Å². The molecule has 0 radical (unpaired) electrons. The zero-order chi connectivity index (χ0) is 23.4. The third-order valence-electron chi connectivity index (χ3n) is 6.35. The van der Waals surface area contributed by atoms with Gasteiger partial charge in [0, 0.05) is 11.7 Å². The van der Waals surface area contributed by atoms with E-state index in [1.807, 2.05) is 61.5 Å². The van der Waals surface area contributed by atoms with Gasteiger partial charge in [-0.2, -0.15) is 0 Å². The van der Waals surface area contributed by atoms with Crippen molar-refractivity contribution in [1.29, 1.82) is 0 Å². The Labute approximate surface area is 195 Å². The molecule has 1 atom stereocenters. The lowest BCUT2D eigenvalue weighted by Crippen LogP contribution is -2.47. The second kappa shape index (κ2) is 10.0. The van der Waals surface area contributed by atoms with Gasteiger partial charge in [-0.15, -0.1) is 0 Å². The molecule has 0 bridgehead atoms. The standard InChI is InChI=1S/C27H31N3O3/c1-18-14-16-23(17-15-18)30(27(32)24-19(2)29-33-20(24)3)25(21-10-6-4-7-11-21)26(31)28-22-12-8-5-9-13-22/h4,6-7,10-11,14-17,22,25H,5,8-9,12-13H2,1-3H3,(H,28,31)/t25-/m0/s1. The molecule has 3 aromatic rings. The molecule has 4 rings (SSSR count). The predicted molar refractivity (Wildman–Crippen MR) is 128 cm³/mol. The molecule has 1 saturated carbocycles. The summed E-state index contributed by atoms with van der Waals surface area (Å²) < 4.78 is 5.29. The van der Waals surface area contributed by atoms with Gasteiger partial charge < -0.3 is 9.84 Å². The lowest BCUT2D eigenvalue weighted by atomic mass is 9.94. The van der Waals surface area contributed by atoms with E-state index < -0.39 is 6.04 Å². The van der Waals surface area contributed by atoms with Gasteiger partial charge in [-0.3, -0.25) is 14.5 Å². The van der Waals surface area contributed by atoms with Crippen LogP contribution in [0.2, 0.25) is 0 Å². The summed E-state index contributed by atoms with van der Waals surface area (Å²) in [4.78, 5) is 29.4. The maximum atomic E-state index is 14.0. The normalized spacial score (nSPS) is 15.1. The summed E-state index contributed by atoms with van der Waals surface area (Å²) >= 11 is 0. The fraction of sp³-hybridized carbons (Fsp3) is 0.370. The number of carbonyl (C=O) groups is 2. The molecule has 6 heteroatoms. The average Bonchev–Trinajstić information content (AvgIpc) is 3.16. The fourth-order valence-electron chi connectivity index (χ4n) is 4.58. The maximum absolute atomic E-state index is 14.0. The largest absolute Gasteiger partial charge is 0.361 e. The summed E-state index contributed by atoms with van der Waals surface area (Å²) in [7, 11) is 0. The molecule has 1 aliphatic carbocycles. The monoisotopic (exact) mass is 445 g/mol. The van der Waals surface area contributed by atoms with Gasteiger partial charge in [0.05, 0.1) is 5.69 Å². The van der Waals surface area contributed by atoms with Gasteiger partial charge in [-0.05, 0) is 51.3 Å². The molecule has 2 aromatic carbocycles. The molecule has 1 fully saturated rings. The van der Waals surface area contributed by atoms with Crippen LogP contribution in [-0.4, -0.2) is 23.0 Å². The van der Waals surface area contributed by atoms with Gasteiger partial charge in [0.2, 0.25) is 5.91 Å². The van der Waals surface area contributed by atoms with Gasteiger partial charge in [0.25, 0.3) is 5.91 Å². The summed E-state index contributed by atoms with van der Waals surface area (Å²) in [6.07, 6.45) is 5.36. The van der Waals surface area contributed by atoms with E-state index in [1.54, 1.807) is 18.7 Å². The molecule has 0 aliphatic heterocycles. The molecular weight excluding hydrogens is 414 g/mol. The molecule has 1 aromatic heterocycles. The van der Waals surface area contributed by atoms with E-state index in [-0.39, 0.29) is 17.9 Å². The number of benzene rings is 2. The number of hydrogen-bond donors (Lipinski definition) is 1. The Balaban J connectivity index is 1.81. The van der Waals surface area contributed by atoms with Crippen molar-refractivity contribution in [1.82, 2.24) is 10.5 Å². The Morgan fingerprint density at radius 1 is 0.970 bits per heavy atom. The first-order chi connectivity index (χ1) is 16.0. The van der Waals surface area contributed by atoms with E-state index in [4.69, 9.17) is 4.52 Å². The first kappa shape index (κ1) is 22.8. The lowest BCUT2D eigenvalue weighted by Gasteiger charge is -2.33. The molecular formula is C27H31N3O3. The molecule has 0 saturated heterocycles. The Morgan fingerprint density at radius 3 is 2.24 bits per heavy atom. The van der Waals surface area contributed by atoms with Crippen LogP contribution in [0.3, 0.4) is 0 Å². The molecule has 6 nitrogen and oxygen atoms in total. The minimum absolute atomic E-state index is 0.131. The van der Waals surface area contributed by atoms with Crippen molar-refractivity contribution in [2.45, 2.75) is 65.0 Å². The highest BCUT2D eigenvalue weighted by Crippen LogP contribution is 2.32. The zero-order valence-electron chi connectivity index (χ0n) is 19.5. The van der Waals surface area contributed by atoms with E-state index in [1.165, 1.54) is 6.42 Å². The Bertz CT molecular complexity index is 1080. The summed E-state index contributed by atoms with van der Waals surface area (Å²) in [5, 5.41) is 7.21. The highest BCUT2D eigenvalue weighted by atomic mass is 16.5. The Kier molecular flexibility index (Phi) is 6.92. The molecule has 1 aliphatic rings. The lowest BCUT2D eigenvalue weighted by molar-refractivity contribution is -0.123. The number of rotatable bonds is 6. The van der Waals surface area contributed by atoms with Crippen LogP contribution in [-0.2, 0) is 4.79 Å². The molecule has 1 N–H and O–H groups in total. The number of nitrogens with one attached hydrogen (secondary N) is 1. The summed E-state index contributed by atoms with van der Waals surface area (Å²) in [5.41, 5.74) is 3.38. The highest BCUT2D eigenvalue weighted by Gasteiger charge is 2.36. The summed E-state index contributed by atoms with van der Waals surface area (Å²) in [5.74, 6) is -0.0364. The van der Waals surface area contributed by atoms with Crippen LogP contribution in [0.5, 0.6) is 0 Å². The summed E-state index contributed by atoms with van der Waals surface area (Å²) in [6.45, 7) is 5.46. The minimum atomic E-state index is -0.822. The van der Waals surface area contributed by atoms with Gasteiger partial charge in [-0.1, -0.05) is 72.4 Å². The average molecular weight is 446 g/mol. The van der Waals surface area contributed by atoms with Crippen LogP contribution < -0.4 is 10.2 Å². The third kappa shape index (κ3) is 5.00. The fourth-order valence-corrected chi connectivity index (χ4v) is 4.58. The highest BCUT2D eigenvalue weighted by molar-refractivity contribution is 6.11. The molecule has 0 unspecified atom stereocenters. The quantitative estimate of drug-likeness (QED) is 0.548. The SMILES string of the molecule is Cc1ccc(N(C(=O)c2c(C)noc2C)[C@H](C(=O)NC2CCCCC2)c2ccccc2)cc1. The third-order valence-corrected chi connectivity index (χ3v) is 6.35. The first-order valence-corrected chi connectivity index (χ1v) is 11.6. The van der Waals surface area contributed by atoms with Gasteiger partial charge in [0.15, 0.2) is 0 Å². The van der Waals surface area contributed by atoms with Crippen molar-refractivity contribution in [3.05, 3.63) is 82.7 Å². The number of carbonyl (C=O) groups excluding carboxylic acids is 2. The van der Waals surface area contributed by atoms with Crippen LogP contribution in [0.15, 0.2) is 59.1 Å². The van der Waals surface area contributed by atoms with Crippen LogP contribution in [0.4, 0.5) is 5.69 Å². The summed E-state index contributed by atoms with van der Waals surface area (Å²) in [6, 6.07) is 16.5. The van der Waals surface area contributed by atoms with E-state index in [2.05, 4.69) is 10.5 Å². The smallest absolute Gasteiger partial charge is 0.264 e. The van der Waals surface area contributed by atoms with Crippen LogP contribution in [0.25, 0.3) is 0 Å². The number of hydrogen-bond acceptors (Lipinski definition) is 4. The van der Waals surface area contributed by atoms with Crippen molar-refractivity contribution in [2.75, 3.05) is 4.90 Å². The molecule has 33 heavy (non-hydrogen) atoms. The Morgan fingerprint density at radius 2 is 1.64 bits per heavy atom. The van der Waals surface area contributed by atoms with Crippen LogP contribution >= 0.6 is 0 Å². The minimum Gasteiger partial charge on any atom is -0.361 e. The first-order valence-electron chi connectivity index (χ1n) is 11.6. The number of aromatic nitrogens is 1. The van der Waals surface area contributed by atoms with Gasteiger partial charge in [0.1, 0.15) is 17.4 Å². The van der Waals surface area contributed by atoms with E-state index in [9.17, 15) is 9.59 Å². The van der Waals surface area contributed by atoms with E-state index >= 15 is 0 Å². The number of nitrogens with zero attached hydrogens (tertiary/aromatic N) is 2. The number of amides is 2. The zero-order valence-corrected chi connectivity index (χ0v) is 19.5. The van der Waals surface area contributed by atoms with Crippen LogP contribution in [0, 0.1) is 20.8 Å². The van der Waals surface area contributed by atoms with Crippen molar-refractivity contribution < 1.29 is 14.1 Å². The number of anilines is 1. The predicted octanol–water partition coefficient (Wildman–Crippen LogP) is 5.44. The maximum Gasteiger partial charge on any atom is 0.264 e. The molecule has 1 heterocycles. The van der Waals surface area contributed by atoms with E-state index in [0.717, 1.165) is 36.8 Å². The molecule has 0 spiro atoms. The van der Waals surface area contributed by atoms with Crippen molar-refractivity contribution >= 4 is 17.5 Å². The van der Waals surface area contributed by atoms with Crippen molar-refractivity contribution in [3.8, 4) is 0 Å². The second-order valence-corrected chi connectivity index (χ2v) is 8.87. The van der Waals surface area contributed by atoms with Crippen molar-refractivity contribution in [3.63, 3.8) is 0 Å².